The number of benzene rings is 1. The van der Waals surface area contributed by atoms with E-state index in [1.54, 1.807) is 7.11 Å². The van der Waals surface area contributed by atoms with Gasteiger partial charge in [0.2, 0.25) is 5.91 Å². The van der Waals surface area contributed by atoms with E-state index in [9.17, 15) is 4.79 Å². The van der Waals surface area contributed by atoms with Gasteiger partial charge in [0, 0.05) is 19.0 Å². The maximum atomic E-state index is 12.0. The fourth-order valence-corrected chi connectivity index (χ4v) is 2.41. The third-order valence-corrected chi connectivity index (χ3v) is 3.58. The van der Waals surface area contributed by atoms with Crippen molar-refractivity contribution in [3.8, 4) is 5.75 Å². The molecule has 2 N–H and O–H groups in total. The van der Waals surface area contributed by atoms with Crippen molar-refractivity contribution in [2.24, 2.45) is 0 Å². The first-order valence-electron chi connectivity index (χ1n) is 6.83. The molecule has 4 nitrogen and oxygen atoms in total. The van der Waals surface area contributed by atoms with E-state index in [0.29, 0.717) is 12.5 Å². The fourth-order valence-electron chi connectivity index (χ4n) is 2.41. The first kappa shape index (κ1) is 13.9. The van der Waals surface area contributed by atoms with Crippen molar-refractivity contribution in [3.63, 3.8) is 0 Å². The van der Waals surface area contributed by atoms with Crippen LogP contribution < -0.4 is 15.4 Å². The Labute approximate surface area is 114 Å². The van der Waals surface area contributed by atoms with Gasteiger partial charge in [-0.05, 0) is 36.6 Å². The van der Waals surface area contributed by atoms with Crippen LogP contribution in [0.15, 0.2) is 24.3 Å². The van der Waals surface area contributed by atoms with Crippen molar-refractivity contribution in [1.82, 2.24) is 10.6 Å². The Hall–Kier alpha value is -1.55. The molecule has 0 saturated carbocycles. The summed E-state index contributed by atoms with van der Waals surface area (Å²) in [7, 11) is 1.66. The van der Waals surface area contributed by atoms with Crippen LogP contribution >= 0.6 is 0 Å². The highest BCUT2D eigenvalue weighted by molar-refractivity contribution is 5.77. The third kappa shape index (κ3) is 3.96. The number of carbonyl (C=O) groups is 1. The van der Waals surface area contributed by atoms with Crippen LogP contribution in [0.5, 0.6) is 5.75 Å². The van der Waals surface area contributed by atoms with Crippen LogP contribution in [-0.2, 0) is 4.79 Å². The molecule has 2 unspecified atom stereocenters. The molecule has 1 aliphatic rings. The topological polar surface area (TPSA) is 50.4 Å². The lowest BCUT2D eigenvalue weighted by atomic mass is 9.97. The van der Waals surface area contributed by atoms with Gasteiger partial charge < -0.3 is 15.4 Å². The molecule has 2 atom stereocenters. The van der Waals surface area contributed by atoms with Crippen LogP contribution in [0.25, 0.3) is 0 Å². The second-order valence-corrected chi connectivity index (χ2v) is 5.14. The summed E-state index contributed by atoms with van der Waals surface area (Å²) in [6, 6.07) is 8.21. The smallest absolute Gasteiger partial charge is 0.220 e. The lowest BCUT2D eigenvalue weighted by Gasteiger charge is -2.15. The predicted molar refractivity (Wildman–Crippen MR) is 75.4 cm³/mol. The molecule has 19 heavy (non-hydrogen) atoms. The number of carbonyl (C=O) groups excluding carboxylic acids is 1. The van der Waals surface area contributed by atoms with Gasteiger partial charge in [0.15, 0.2) is 0 Å². The minimum atomic E-state index is 0.129. The first-order chi connectivity index (χ1) is 9.19. The standard InChI is InChI=1S/C15H22N2O2/c1-11(12-4-3-5-14(9-12)19-2)8-15(18)17-13-6-7-16-10-13/h3-5,9,11,13,16H,6-8,10H2,1-2H3,(H,17,18). The summed E-state index contributed by atoms with van der Waals surface area (Å²) in [4.78, 5) is 12.0. The fraction of sp³-hybridized carbons (Fsp3) is 0.533. The molecule has 0 aliphatic carbocycles. The molecule has 0 spiro atoms. The van der Waals surface area contributed by atoms with Crippen LogP contribution in [0, 0.1) is 0 Å². The highest BCUT2D eigenvalue weighted by Crippen LogP contribution is 2.23. The van der Waals surface area contributed by atoms with Crippen molar-refractivity contribution in [2.75, 3.05) is 20.2 Å². The Morgan fingerprint density at radius 2 is 2.42 bits per heavy atom. The maximum Gasteiger partial charge on any atom is 0.220 e. The monoisotopic (exact) mass is 262 g/mol. The summed E-state index contributed by atoms with van der Waals surface area (Å²) in [6.07, 6.45) is 1.54. The van der Waals surface area contributed by atoms with E-state index in [1.165, 1.54) is 0 Å². The number of hydrogen-bond donors (Lipinski definition) is 2. The van der Waals surface area contributed by atoms with E-state index in [2.05, 4.69) is 17.6 Å². The van der Waals surface area contributed by atoms with Gasteiger partial charge in [0.1, 0.15) is 5.75 Å². The number of ether oxygens (including phenoxy) is 1. The Kier molecular flexibility index (Phi) is 4.80. The van der Waals surface area contributed by atoms with E-state index >= 15 is 0 Å². The molecule has 1 heterocycles. The number of nitrogens with one attached hydrogen (secondary N) is 2. The van der Waals surface area contributed by atoms with Crippen molar-refractivity contribution in [1.29, 1.82) is 0 Å². The summed E-state index contributed by atoms with van der Waals surface area (Å²) in [5.41, 5.74) is 1.14. The summed E-state index contributed by atoms with van der Waals surface area (Å²) >= 11 is 0. The van der Waals surface area contributed by atoms with Gasteiger partial charge >= 0.3 is 0 Å². The molecule has 2 rings (SSSR count). The molecule has 104 valence electrons. The predicted octanol–water partition coefficient (Wildman–Crippen LogP) is 1.67. The summed E-state index contributed by atoms with van der Waals surface area (Å²) in [5, 5.41) is 6.32. The largest absolute Gasteiger partial charge is 0.497 e. The molecule has 1 saturated heterocycles. The summed E-state index contributed by atoms with van der Waals surface area (Å²) in [5.74, 6) is 1.17. The minimum absolute atomic E-state index is 0.129. The van der Waals surface area contributed by atoms with Gasteiger partial charge in [-0.3, -0.25) is 4.79 Å². The highest BCUT2D eigenvalue weighted by atomic mass is 16.5. The second kappa shape index (κ2) is 6.57. The van der Waals surface area contributed by atoms with Crippen molar-refractivity contribution < 1.29 is 9.53 Å². The van der Waals surface area contributed by atoms with Gasteiger partial charge in [-0.2, -0.15) is 0 Å². The van der Waals surface area contributed by atoms with Crippen LogP contribution in [0.1, 0.15) is 31.2 Å². The number of rotatable bonds is 5. The molecule has 4 heteroatoms. The lowest BCUT2D eigenvalue weighted by Crippen LogP contribution is -2.36. The Morgan fingerprint density at radius 3 is 3.11 bits per heavy atom. The van der Waals surface area contributed by atoms with Crippen LogP contribution in [-0.4, -0.2) is 32.1 Å². The minimum Gasteiger partial charge on any atom is -0.497 e. The van der Waals surface area contributed by atoms with Gasteiger partial charge in [-0.25, -0.2) is 0 Å². The maximum absolute atomic E-state index is 12.0. The molecule has 0 radical (unpaired) electrons. The SMILES string of the molecule is COc1cccc(C(C)CC(=O)NC2CCNC2)c1. The van der Waals surface area contributed by atoms with Crippen LogP contribution in [0.2, 0.25) is 0 Å². The Morgan fingerprint density at radius 1 is 1.58 bits per heavy atom. The van der Waals surface area contributed by atoms with E-state index in [4.69, 9.17) is 4.74 Å². The quantitative estimate of drug-likeness (QED) is 0.848. The number of amides is 1. The van der Waals surface area contributed by atoms with Gasteiger partial charge in [-0.15, -0.1) is 0 Å². The zero-order valence-corrected chi connectivity index (χ0v) is 11.6. The Balaban J connectivity index is 1.88. The van der Waals surface area contributed by atoms with Gasteiger partial charge in [0.05, 0.1) is 7.11 Å². The molecule has 0 aromatic heterocycles. The van der Waals surface area contributed by atoms with Crippen molar-refractivity contribution in [2.45, 2.75) is 31.7 Å². The zero-order valence-electron chi connectivity index (χ0n) is 11.6. The second-order valence-electron chi connectivity index (χ2n) is 5.14. The summed E-state index contributed by atoms with van der Waals surface area (Å²) < 4.78 is 5.21. The van der Waals surface area contributed by atoms with E-state index in [1.807, 2.05) is 24.3 Å². The Bertz CT molecular complexity index is 428. The van der Waals surface area contributed by atoms with Crippen LogP contribution in [0.4, 0.5) is 0 Å². The average molecular weight is 262 g/mol. The molecule has 0 bridgehead atoms. The van der Waals surface area contributed by atoms with Crippen molar-refractivity contribution in [3.05, 3.63) is 29.8 Å². The molecule has 1 amide bonds. The summed E-state index contributed by atoms with van der Waals surface area (Å²) in [6.45, 7) is 3.96. The molecular weight excluding hydrogens is 240 g/mol. The zero-order chi connectivity index (χ0) is 13.7. The molecule has 1 aromatic carbocycles. The van der Waals surface area contributed by atoms with E-state index in [-0.39, 0.29) is 11.8 Å². The van der Waals surface area contributed by atoms with Gasteiger partial charge in [0.25, 0.3) is 0 Å². The highest BCUT2D eigenvalue weighted by Gasteiger charge is 2.18. The van der Waals surface area contributed by atoms with Gasteiger partial charge in [-0.1, -0.05) is 19.1 Å². The average Bonchev–Trinajstić information content (AvgIpc) is 2.91. The molecular formula is C15H22N2O2. The number of hydrogen-bond acceptors (Lipinski definition) is 3. The number of methoxy groups -OCH3 is 1. The first-order valence-corrected chi connectivity index (χ1v) is 6.83. The van der Waals surface area contributed by atoms with Crippen LogP contribution in [0.3, 0.4) is 0 Å². The van der Waals surface area contributed by atoms with E-state index < -0.39 is 0 Å². The molecule has 1 aromatic rings. The lowest BCUT2D eigenvalue weighted by molar-refractivity contribution is -0.122. The molecule has 1 aliphatic heterocycles. The van der Waals surface area contributed by atoms with E-state index in [0.717, 1.165) is 30.8 Å². The normalized spacial score (nSPS) is 20.0. The third-order valence-electron chi connectivity index (χ3n) is 3.58. The molecule has 1 fully saturated rings. The van der Waals surface area contributed by atoms with Crippen molar-refractivity contribution >= 4 is 5.91 Å².